The predicted octanol–water partition coefficient (Wildman–Crippen LogP) is 6.64. The molecule has 0 fully saturated rings. The molecule has 4 aromatic carbocycles. The van der Waals surface area contributed by atoms with Crippen LogP contribution in [-0.4, -0.2) is 27.3 Å². The highest BCUT2D eigenvalue weighted by Gasteiger charge is 2.39. The third-order valence-electron chi connectivity index (χ3n) is 6.62. The first-order chi connectivity index (χ1) is 17.6. The fraction of sp³-hybridized carbons (Fsp3) is 0.129. The van der Waals surface area contributed by atoms with Crippen molar-refractivity contribution in [3.8, 4) is 17.2 Å². The van der Waals surface area contributed by atoms with Gasteiger partial charge in [-0.15, -0.1) is 0 Å². The fourth-order valence-corrected chi connectivity index (χ4v) is 4.81. The standard InChI is InChI=1S/C31H26O5/c1-5-24-25-8-6-7-9-26(25)29-27(28(24)30(32)35-4)18-19-31(36-29,20-10-14-22(33-2)15-11-20)21-12-16-23(34-3)17-13-21/h5-19H,1H2,2-4H3. The van der Waals surface area contributed by atoms with Crippen LogP contribution in [0.4, 0.5) is 0 Å². The molecule has 0 aromatic heterocycles. The van der Waals surface area contributed by atoms with Gasteiger partial charge in [-0.2, -0.15) is 0 Å². The van der Waals surface area contributed by atoms with E-state index in [1.54, 1.807) is 20.3 Å². The summed E-state index contributed by atoms with van der Waals surface area (Å²) in [5, 5.41) is 1.74. The zero-order valence-electron chi connectivity index (χ0n) is 20.4. The van der Waals surface area contributed by atoms with Crippen LogP contribution < -0.4 is 14.2 Å². The Labute approximate surface area is 210 Å². The number of fused-ring (bicyclic) bond motifs is 3. The Bertz CT molecular complexity index is 1430. The second-order valence-corrected chi connectivity index (χ2v) is 8.40. The molecule has 5 nitrogen and oxygen atoms in total. The van der Waals surface area contributed by atoms with Crippen molar-refractivity contribution >= 4 is 28.9 Å². The summed E-state index contributed by atoms with van der Waals surface area (Å²) in [6.07, 6.45) is 5.61. The maximum absolute atomic E-state index is 13.0. The number of methoxy groups -OCH3 is 3. The molecule has 0 saturated carbocycles. The molecule has 1 heterocycles. The highest BCUT2D eigenvalue weighted by molar-refractivity contribution is 6.09. The molecule has 0 spiro atoms. The van der Waals surface area contributed by atoms with Crippen molar-refractivity contribution in [2.75, 3.05) is 21.3 Å². The predicted molar refractivity (Wildman–Crippen MR) is 142 cm³/mol. The van der Waals surface area contributed by atoms with Crippen molar-refractivity contribution in [1.82, 2.24) is 0 Å². The number of carbonyl (C=O) groups is 1. The van der Waals surface area contributed by atoms with E-state index < -0.39 is 11.6 Å². The van der Waals surface area contributed by atoms with E-state index >= 15 is 0 Å². The van der Waals surface area contributed by atoms with Gasteiger partial charge < -0.3 is 18.9 Å². The van der Waals surface area contributed by atoms with Crippen molar-refractivity contribution < 1.29 is 23.7 Å². The molecule has 0 N–H and O–H groups in total. The van der Waals surface area contributed by atoms with E-state index in [0.717, 1.165) is 33.4 Å². The molecule has 0 aliphatic carbocycles. The van der Waals surface area contributed by atoms with E-state index in [1.807, 2.05) is 84.9 Å². The van der Waals surface area contributed by atoms with Gasteiger partial charge in [0, 0.05) is 22.1 Å². The molecule has 0 amide bonds. The van der Waals surface area contributed by atoms with Gasteiger partial charge in [0.2, 0.25) is 0 Å². The van der Waals surface area contributed by atoms with Gasteiger partial charge in [-0.25, -0.2) is 4.79 Å². The number of hydrogen-bond acceptors (Lipinski definition) is 5. The lowest BCUT2D eigenvalue weighted by atomic mass is 9.82. The smallest absolute Gasteiger partial charge is 0.339 e. The van der Waals surface area contributed by atoms with Crippen LogP contribution in [0.25, 0.3) is 22.9 Å². The Morgan fingerprint density at radius 3 is 1.89 bits per heavy atom. The maximum Gasteiger partial charge on any atom is 0.339 e. The topological polar surface area (TPSA) is 54.0 Å². The summed E-state index contributed by atoms with van der Waals surface area (Å²) in [7, 11) is 4.65. The Morgan fingerprint density at radius 2 is 1.39 bits per heavy atom. The van der Waals surface area contributed by atoms with Crippen LogP contribution in [-0.2, 0) is 10.3 Å². The van der Waals surface area contributed by atoms with Gasteiger partial charge in [0.1, 0.15) is 17.2 Å². The number of carbonyl (C=O) groups excluding carboxylic acids is 1. The van der Waals surface area contributed by atoms with Gasteiger partial charge in [0.05, 0.1) is 26.9 Å². The van der Waals surface area contributed by atoms with E-state index in [-0.39, 0.29) is 0 Å². The monoisotopic (exact) mass is 478 g/mol. The van der Waals surface area contributed by atoms with E-state index in [9.17, 15) is 4.79 Å². The number of benzene rings is 4. The van der Waals surface area contributed by atoms with Crippen LogP contribution in [0.5, 0.6) is 17.2 Å². The molecule has 4 aromatic rings. The summed E-state index contributed by atoms with van der Waals surface area (Å²) in [6, 6.07) is 23.4. The zero-order chi connectivity index (χ0) is 25.3. The lowest BCUT2D eigenvalue weighted by molar-refractivity contribution is 0.0599. The Morgan fingerprint density at radius 1 is 0.833 bits per heavy atom. The summed E-state index contributed by atoms with van der Waals surface area (Å²) in [5.74, 6) is 1.66. The van der Waals surface area contributed by atoms with Gasteiger partial charge in [-0.3, -0.25) is 0 Å². The summed E-state index contributed by atoms with van der Waals surface area (Å²) in [4.78, 5) is 13.0. The minimum absolute atomic E-state index is 0.426. The molecule has 0 saturated heterocycles. The second-order valence-electron chi connectivity index (χ2n) is 8.40. The van der Waals surface area contributed by atoms with E-state index in [4.69, 9.17) is 18.9 Å². The van der Waals surface area contributed by atoms with Crippen molar-refractivity contribution in [2.24, 2.45) is 0 Å². The number of esters is 1. The molecule has 1 aliphatic rings. The molecule has 0 unspecified atom stereocenters. The lowest BCUT2D eigenvalue weighted by Gasteiger charge is -2.37. The Hall–Kier alpha value is -4.51. The average molecular weight is 479 g/mol. The van der Waals surface area contributed by atoms with Crippen molar-refractivity contribution in [1.29, 1.82) is 0 Å². The van der Waals surface area contributed by atoms with E-state index in [1.165, 1.54) is 7.11 Å². The summed E-state index contributed by atoms with van der Waals surface area (Å²) in [5.41, 5.74) is 2.66. The van der Waals surface area contributed by atoms with Crippen LogP contribution in [0.15, 0.2) is 85.5 Å². The molecule has 5 heteroatoms. The molecule has 0 radical (unpaired) electrons. The molecule has 1 aliphatic heterocycles. The van der Waals surface area contributed by atoms with Gasteiger partial charge in [0.25, 0.3) is 0 Å². The first-order valence-electron chi connectivity index (χ1n) is 11.5. The largest absolute Gasteiger partial charge is 0.497 e. The number of hydrogen-bond donors (Lipinski definition) is 0. The third kappa shape index (κ3) is 3.60. The zero-order valence-corrected chi connectivity index (χ0v) is 20.4. The molecule has 0 atom stereocenters. The molecule has 180 valence electrons. The van der Waals surface area contributed by atoms with Crippen molar-refractivity contribution in [2.45, 2.75) is 5.60 Å². The van der Waals surface area contributed by atoms with Gasteiger partial charge >= 0.3 is 5.97 Å². The van der Waals surface area contributed by atoms with E-state index in [2.05, 4.69) is 6.58 Å². The summed E-state index contributed by atoms with van der Waals surface area (Å²) in [6.45, 7) is 3.97. The van der Waals surface area contributed by atoms with Crippen LogP contribution in [0.3, 0.4) is 0 Å². The minimum Gasteiger partial charge on any atom is -0.497 e. The number of rotatable bonds is 6. The van der Waals surface area contributed by atoms with Crippen molar-refractivity contribution in [3.05, 3.63) is 113 Å². The number of ether oxygens (including phenoxy) is 4. The summed E-state index contributed by atoms with van der Waals surface area (Å²) >= 11 is 0. The van der Waals surface area contributed by atoms with Gasteiger partial charge in [-0.05, 0) is 47.4 Å². The normalized spacial score (nSPS) is 13.4. The summed E-state index contributed by atoms with van der Waals surface area (Å²) < 4.78 is 22.9. The van der Waals surface area contributed by atoms with Crippen LogP contribution in [0.2, 0.25) is 0 Å². The van der Waals surface area contributed by atoms with Crippen LogP contribution in [0.1, 0.15) is 32.6 Å². The molecule has 5 rings (SSSR count). The van der Waals surface area contributed by atoms with Crippen LogP contribution in [0, 0.1) is 0 Å². The average Bonchev–Trinajstić information content (AvgIpc) is 2.95. The molecule has 36 heavy (non-hydrogen) atoms. The molecular formula is C31H26O5. The lowest BCUT2D eigenvalue weighted by Crippen LogP contribution is -2.34. The molecule has 0 bridgehead atoms. The Balaban J connectivity index is 1.82. The first kappa shape index (κ1) is 23.2. The molecular weight excluding hydrogens is 452 g/mol. The van der Waals surface area contributed by atoms with Gasteiger partial charge in [-0.1, -0.05) is 61.2 Å². The fourth-order valence-electron chi connectivity index (χ4n) is 4.81. The highest BCUT2D eigenvalue weighted by Crippen LogP contribution is 2.48. The first-order valence-corrected chi connectivity index (χ1v) is 11.5. The second kappa shape index (κ2) is 9.27. The Kier molecular flexibility index (Phi) is 5.98. The van der Waals surface area contributed by atoms with Gasteiger partial charge in [0.15, 0.2) is 5.60 Å². The van der Waals surface area contributed by atoms with E-state index in [0.29, 0.717) is 22.4 Å². The quantitative estimate of drug-likeness (QED) is 0.291. The SMILES string of the molecule is C=Cc1c(C(=O)OC)c2c(c3ccccc13)OC(c1ccc(OC)cc1)(c1ccc(OC)cc1)C=C2. The maximum atomic E-state index is 13.0. The highest BCUT2D eigenvalue weighted by atomic mass is 16.5. The van der Waals surface area contributed by atoms with Crippen LogP contribution >= 0.6 is 0 Å². The minimum atomic E-state index is -0.961. The third-order valence-corrected chi connectivity index (χ3v) is 6.62. The van der Waals surface area contributed by atoms with Crippen molar-refractivity contribution in [3.63, 3.8) is 0 Å².